The molecule has 28 heavy (non-hydrogen) atoms. The number of hydrazone groups is 1. The van der Waals surface area contributed by atoms with Crippen LogP contribution in [0.5, 0.6) is 0 Å². The molecular formula is C19H11Cl3N4OS. The van der Waals surface area contributed by atoms with Crippen molar-refractivity contribution in [2.45, 2.75) is 0 Å². The fourth-order valence-electron chi connectivity index (χ4n) is 2.40. The lowest BCUT2D eigenvalue weighted by molar-refractivity contribution is 0.434. The van der Waals surface area contributed by atoms with Crippen LogP contribution < -0.4 is 5.43 Å². The third-order valence-corrected chi connectivity index (χ3v) is 5.38. The minimum absolute atomic E-state index is 0.502. The topological polar surface area (TPSA) is 63.3 Å². The molecule has 0 aliphatic heterocycles. The van der Waals surface area contributed by atoms with Gasteiger partial charge in [-0.2, -0.15) is 5.10 Å². The van der Waals surface area contributed by atoms with Crippen LogP contribution in [0, 0.1) is 0 Å². The average molecular weight is 450 g/mol. The van der Waals surface area contributed by atoms with E-state index in [9.17, 15) is 0 Å². The van der Waals surface area contributed by atoms with Crippen LogP contribution in [0.25, 0.3) is 22.7 Å². The van der Waals surface area contributed by atoms with Gasteiger partial charge in [0.05, 0.1) is 11.2 Å². The first-order valence-corrected chi connectivity index (χ1v) is 10.0. The van der Waals surface area contributed by atoms with E-state index in [2.05, 4.69) is 20.7 Å². The third kappa shape index (κ3) is 4.20. The summed E-state index contributed by atoms with van der Waals surface area (Å²) < 4.78 is 5.41. The van der Waals surface area contributed by atoms with Gasteiger partial charge in [-0.25, -0.2) is 4.98 Å². The maximum Gasteiger partial charge on any atom is 0.203 e. The smallest absolute Gasteiger partial charge is 0.203 e. The summed E-state index contributed by atoms with van der Waals surface area (Å²) in [5.74, 6) is 0.528. The molecule has 0 aliphatic carbocycles. The molecule has 0 bridgehead atoms. The predicted octanol–water partition coefficient (Wildman–Crippen LogP) is 6.87. The van der Waals surface area contributed by atoms with Crippen LogP contribution in [0.3, 0.4) is 0 Å². The van der Waals surface area contributed by atoms with E-state index in [1.54, 1.807) is 36.5 Å². The predicted molar refractivity (Wildman–Crippen MR) is 116 cm³/mol. The second kappa shape index (κ2) is 8.32. The summed E-state index contributed by atoms with van der Waals surface area (Å²) in [6.45, 7) is 0. The Morgan fingerprint density at radius 2 is 1.86 bits per heavy atom. The normalized spacial score (nSPS) is 11.2. The Labute approximate surface area is 179 Å². The zero-order valence-corrected chi connectivity index (χ0v) is 17.1. The second-order valence-corrected chi connectivity index (χ2v) is 7.74. The van der Waals surface area contributed by atoms with Crippen molar-refractivity contribution in [3.63, 3.8) is 0 Å². The van der Waals surface area contributed by atoms with Gasteiger partial charge < -0.3 is 4.52 Å². The molecule has 0 fully saturated rings. The summed E-state index contributed by atoms with van der Waals surface area (Å²) in [5.41, 5.74) is 5.68. The summed E-state index contributed by atoms with van der Waals surface area (Å²) in [4.78, 5) is 4.45. The van der Waals surface area contributed by atoms with Crippen molar-refractivity contribution >= 4 is 57.5 Å². The number of anilines is 1. The highest BCUT2D eigenvalue weighted by Crippen LogP contribution is 2.33. The van der Waals surface area contributed by atoms with E-state index in [1.807, 2.05) is 23.6 Å². The highest BCUT2D eigenvalue weighted by atomic mass is 35.5. The van der Waals surface area contributed by atoms with Crippen LogP contribution in [0.1, 0.15) is 5.56 Å². The molecule has 0 saturated heterocycles. The van der Waals surface area contributed by atoms with E-state index in [0.717, 1.165) is 11.1 Å². The fraction of sp³-hybridized carbons (Fsp3) is 0. The van der Waals surface area contributed by atoms with Crippen LogP contribution in [0.15, 0.2) is 63.5 Å². The van der Waals surface area contributed by atoms with Crippen LogP contribution in [-0.2, 0) is 0 Å². The van der Waals surface area contributed by atoms with Crippen molar-refractivity contribution in [1.29, 1.82) is 0 Å². The van der Waals surface area contributed by atoms with Crippen LogP contribution in [-0.4, -0.2) is 16.4 Å². The van der Waals surface area contributed by atoms with Gasteiger partial charge in [-0.1, -0.05) is 58.2 Å². The number of rotatable bonds is 5. The van der Waals surface area contributed by atoms with Gasteiger partial charge >= 0.3 is 0 Å². The SMILES string of the molecule is Clc1ccc(-c2cc(-c3csc(NN=Cc4ccccc4Cl)n3)on2)c(Cl)c1. The molecule has 0 unspecified atom stereocenters. The van der Waals surface area contributed by atoms with E-state index >= 15 is 0 Å². The van der Waals surface area contributed by atoms with E-state index in [-0.39, 0.29) is 0 Å². The van der Waals surface area contributed by atoms with Crippen molar-refractivity contribution in [3.05, 3.63) is 74.5 Å². The Bertz CT molecular complexity index is 1160. The number of aromatic nitrogens is 2. The minimum atomic E-state index is 0.502. The summed E-state index contributed by atoms with van der Waals surface area (Å²) in [5, 5.41) is 12.4. The molecule has 140 valence electrons. The molecule has 0 amide bonds. The van der Waals surface area contributed by atoms with E-state index in [1.165, 1.54) is 11.3 Å². The molecule has 0 radical (unpaired) electrons. The fourth-order valence-corrected chi connectivity index (χ4v) is 3.73. The van der Waals surface area contributed by atoms with Gasteiger partial charge in [-0.3, -0.25) is 5.43 Å². The number of halogens is 3. The molecule has 5 nitrogen and oxygen atoms in total. The minimum Gasteiger partial charge on any atom is -0.354 e. The zero-order chi connectivity index (χ0) is 19.5. The number of hydrogen-bond acceptors (Lipinski definition) is 6. The first-order chi connectivity index (χ1) is 13.6. The van der Waals surface area contributed by atoms with Crippen LogP contribution in [0.4, 0.5) is 5.13 Å². The van der Waals surface area contributed by atoms with E-state index < -0.39 is 0 Å². The molecular weight excluding hydrogens is 439 g/mol. The summed E-state index contributed by atoms with van der Waals surface area (Å²) in [6, 6.07) is 14.4. The van der Waals surface area contributed by atoms with Gasteiger partial charge in [-0.15, -0.1) is 11.3 Å². The molecule has 2 aromatic heterocycles. The zero-order valence-electron chi connectivity index (χ0n) is 14.1. The van der Waals surface area contributed by atoms with Gasteiger partial charge in [0.2, 0.25) is 5.13 Å². The quantitative estimate of drug-likeness (QED) is 0.267. The maximum atomic E-state index is 6.23. The largest absolute Gasteiger partial charge is 0.354 e. The molecule has 4 rings (SSSR count). The number of nitrogens with one attached hydrogen (secondary N) is 1. The average Bonchev–Trinajstić information content (AvgIpc) is 3.33. The van der Waals surface area contributed by atoms with Crippen molar-refractivity contribution in [2.24, 2.45) is 5.10 Å². The number of benzene rings is 2. The Balaban J connectivity index is 1.49. The van der Waals surface area contributed by atoms with Crippen LogP contribution >= 0.6 is 46.1 Å². The standard InChI is InChI=1S/C19H11Cl3N4OS/c20-12-5-6-13(15(22)7-12)16-8-18(27-26-16)17-10-28-19(24-17)25-23-9-11-3-1-2-4-14(11)21/h1-10H,(H,24,25). The van der Waals surface area contributed by atoms with Gasteiger partial charge in [0, 0.05) is 32.6 Å². The number of hydrogen-bond donors (Lipinski definition) is 1. The molecule has 1 N–H and O–H groups in total. The van der Waals surface area contributed by atoms with Gasteiger partial charge in [0.15, 0.2) is 5.76 Å². The second-order valence-electron chi connectivity index (χ2n) is 5.63. The Morgan fingerprint density at radius 3 is 2.68 bits per heavy atom. The lowest BCUT2D eigenvalue weighted by Crippen LogP contribution is -1.90. The van der Waals surface area contributed by atoms with E-state index in [4.69, 9.17) is 39.3 Å². The molecule has 0 aliphatic rings. The van der Waals surface area contributed by atoms with Crippen molar-refractivity contribution in [3.8, 4) is 22.7 Å². The summed E-state index contributed by atoms with van der Waals surface area (Å²) in [6.07, 6.45) is 1.64. The molecule has 0 spiro atoms. The van der Waals surface area contributed by atoms with E-state index in [0.29, 0.717) is 37.3 Å². The molecule has 9 heteroatoms. The lowest BCUT2D eigenvalue weighted by atomic mass is 10.1. The molecule has 0 saturated carbocycles. The Morgan fingerprint density at radius 1 is 1.00 bits per heavy atom. The first-order valence-electron chi connectivity index (χ1n) is 8.02. The monoisotopic (exact) mass is 448 g/mol. The maximum absolute atomic E-state index is 6.23. The lowest BCUT2D eigenvalue weighted by Gasteiger charge is -1.99. The number of thiazole rings is 1. The highest BCUT2D eigenvalue weighted by molar-refractivity contribution is 7.14. The number of nitrogens with zero attached hydrogens (tertiary/aromatic N) is 3. The summed E-state index contributed by atoms with van der Waals surface area (Å²) in [7, 11) is 0. The molecule has 2 aromatic carbocycles. The Hall–Kier alpha value is -2.38. The van der Waals surface area contributed by atoms with Gasteiger partial charge in [0.1, 0.15) is 11.4 Å². The van der Waals surface area contributed by atoms with Gasteiger partial charge in [-0.05, 0) is 24.3 Å². The third-order valence-electron chi connectivity index (χ3n) is 3.74. The van der Waals surface area contributed by atoms with Crippen molar-refractivity contribution < 1.29 is 4.52 Å². The van der Waals surface area contributed by atoms with Crippen molar-refractivity contribution in [1.82, 2.24) is 10.1 Å². The first kappa shape index (κ1) is 19.0. The van der Waals surface area contributed by atoms with Crippen LogP contribution in [0.2, 0.25) is 15.1 Å². The molecule has 2 heterocycles. The summed E-state index contributed by atoms with van der Waals surface area (Å²) >= 11 is 19.7. The molecule has 0 atom stereocenters. The Kier molecular flexibility index (Phi) is 5.64. The van der Waals surface area contributed by atoms with Crippen molar-refractivity contribution in [2.75, 3.05) is 5.43 Å². The highest BCUT2D eigenvalue weighted by Gasteiger charge is 2.14. The van der Waals surface area contributed by atoms with Gasteiger partial charge in [0.25, 0.3) is 0 Å². The molecule has 4 aromatic rings.